The molecule has 0 unspecified atom stereocenters. The second-order valence-electron chi connectivity index (χ2n) is 12.3. The summed E-state index contributed by atoms with van der Waals surface area (Å²) in [6, 6.07) is 10.6. The van der Waals surface area contributed by atoms with Gasteiger partial charge in [0.05, 0.1) is 20.2 Å². The number of nitrogens with zero attached hydrogens (tertiary/aromatic N) is 5. The predicted octanol–water partition coefficient (Wildman–Crippen LogP) is 5.92. The molecule has 0 spiro atoms. The van der Waals surface area contributed by atoms with Crippen LogP contribution in [0.5, 0.6) is 5.75 Å². The Morgan fingerprint density at radius 3 is 1.61 bits per heavy atom. The Hall–Kier alpha value is -2.25. The highest BCUT2D eigenvalue weighted by Gasteiger charge is 2.17. The molecule has 210 valence electrons. The first kappa shape index (κ1) is 30.3. The van der Waals surface area contributed by atoms with E-state index in [1.165, 1.54) is 5.56 Å². The van der Waals surface area contributed by atoms with Gasteiger partial charge in [0, 0.05) is 60.7 Å². The summed E-state index contributed by atoms with van der Waals surface area (Å²) in [5.74, 6) is 2.82. The van der Waals surface area contributed by atoms with Crippen molar-refractivity contribution in [2.45, 2.75) is 84.5 Å². The maximum Gasteiger partial charge on any atom is 0.124 e. The van der Waals surface area contributed by atoms with Crippen LogP contribution in [-0.4, -0.2) is 60.5 Å². The molecule has 0 saturated heterocycles. The summed E-state index contributed by atoms with van der Waals surface area (Å²) in [5, 5.41) is 0. The van der Waals surface area contributed by atoms with Crippen LogP contribution in [0, 0.1) is 0 Å². The SMILES string of the molecule is COc1ccc(CN(Cc2nccn2COCC[Si](C)(C)C)Cc2nccn2COCC[Si](C)(C)C)cc1. The van der Waals surface area contributed by atoms with Crippen LogP contribution in [0.2, 0.25) is 51.4 Å². The number of aromatic nitrogens is 4. The van der Waals surface area contributed by atoms with Crippen LogP contribution < -0.4 is 4.74 Å². The smallest absolute Gasteiger partial charge is 0.124 e. The van der Waals surface area contributed by atoms with Crippen molar-refractivity contribution >= 4 is 16.1 Å². The first-order valence-corrected chi connectivity index (χ1v) is 20.9. The third-order valence-electron chi connectivity index (χ3n) is 6.35. The monoisotopic (exact) mass is 557 g/mol. The van der Waals surface area contributed by atoms with Gasteiger partial charge >= 0.3 is 0 Å². The van der Waals surface area contributed by atoms with Crippen LogP contribution in [0.4, 0.5) is 0 Å². The maximum atomic E-state index is 6.02. The summed E-state index contributed by atoms with van der Waals surface area (Å²) >= 11 is 0. The molecule has 8 nitrogen and oxygen atoms in total. The summed E-state index contributed by atoms with van der Waals surface area (Å²) in [6.07, 6.45) is 7.72. The predicted molar refractivity (Wildman–Crippen MR) is 159 cm³/mol. The fourth-order valence-corrected chi connectivity index (χ4v) is 5.37. The van der Waals surface area contributed by atoms with Gasteiger partial charge in [-0.1, -0.05) is 51.4 Å². The minimum absolute atomic E-state index is 0.524. The lowest BCUT2D eigenvalue weighted by molar-refractivity contribution is 0.0792. The highest BCUT2D eigenvalue weighted by atomic mass is 28.3. The molecule has 2 heterocycles. The zero-order valence-corrected chi connectivity index (χ0v) is 26.4. The van der Waals surface area contributed by atoms with E-state index in [-0.39, 0.29) is 0 Å². The van der Waals surface area contributed by atoms with Crippen LogP contribution in [0.3, 0.4) is 0 Å². The fraction of sp³-hybridized carbons (Fsp3) is 0.571. The number of imidazole rings is 2. The molecular formula is C28H47N5O3Si2. The fourth-order valence-electron chi connectivity index (χ4n) is 3.86. The lowest BCUT2D eigenvalue weighted by Gasteiger charge is -2.23. The van der Waals surface area contributed by atoms with Gasteiger partial charge in [0.1, 0.15) is 30.9 Å². The molecule has 10 heteroatoms. The van der Waals surface area contributed by atoms with Gasteiger partial charge in [0.25, 0.3) is 0 Å². The molecule has 3 rings (SSSR count). The van der Waals surface area contributed by atoms with E-state index >= 15 is 0 Å². The molecule has 0 amide bonds. The van der Waals surface area contributed by atoms with Crippen LogP contribution in [-0.2, 0) is 42.6 Å². The van der Waals surface area contributed by atoms with Crippen LogP contribution in [0.15, 0.2) is 49.1 Å². The zero-order chi connectivity index (χ0) is 27.6. The Labute approximate surface area is 231 Å². The average Bonchev–Trinajstić information content (AvgIpc) is 3.48. The molecule has 0 N–H and O–H groups in total. The van der Waals surface area contributed by atoms with Crippen molar-refractivity contribution in [2.24, 2.45) is 0 Å². The van der Waals surface area contributed by atoms with E-state index in [0.29, 0.717) is 26.6 Å². The number of rotatable bonds is 17. The van der Waals surface area contributed by atoms with Crippen LogP contribution in [0.25, 0.3) is 0 Å². The Balaban J connectivity index is 1.68. The van der Waals surface area contributed by atoms with Crippen LogP contribution >= 0.6 is 0 Å². The molecule has 0 saturated carbocycles. The topological polar surface area (TPSA) is 66.6 Å². The van der Waals surface area contributed by atoms with Crippen molar-refractivity contribution in [1.29, 1.82) is 0 Å². The molecule has 0 aliphatic heterocycles. The normalized spacial score (nSPS) is 12.4. The van der Waals surface area contributed by atoms with Gasteiger partial charge < -0.3 is 23.3 Å². The molecule has 0 aliphatic rings. The van der Waals surface area contributed by atoms with Crippen molar-refractivity contribution in [1.82, 2.24) is 24.0 Å². The minimum Gasteiger partial charge on any atom is -0.497 e. The largest absolute Gasteiger partial charge is 0.497 e. The van der Waals surface area contributed by atoms with Gasteiger partial charge in [0.15, 0.2) is 0 Å². The molecule has 3 aromatic rings. The van der Waals surface area contributed by atoms with E-state index in [0.717, 1.165) is 49.2 Å². The summed E-state index contributed by atoms with van der Waals surface area (Å²) in [6.45, 7) is 19.0. The van der Waals surface area contributed by atoms with Crippen molar-refractivity contribution in [3.63, 3.8) is 0 Å². The van der Waals surface area contributed by atoms with Gasteiger partial charge in [-0.3, -0.25) is 4.90 Å². The van der Waals surface area contributed by atoms with E-state index in [1.807, 2.05) is 36.9 Å². The van der Waals surface area contributed by atoms with E-state index in [9.17, 15) is 0 Å². The van der Waals surface area contributed by atoms with Crippen molar-refractivity contribution in [2.75, 3.05) is 20.3 Å². The third kappa shape index (κ3) is 10.9. The minimum atomic E-state index is -1.12. The van der Waals surface area contributed by atoms with E-state index in [2.05, 4.69) is 75.4 Å². The summed E-state index contributed by atoms with van der Waals surface area (Å²) in [7, 11) is -0.543. The second kappa shape index (κ2) is 14.2. The summed E-state index contributed by atoms with van der Waals surface area (Å²) in [4.78, 5) is 11.7. The lowest BCUT2D eigenvalue weighted by Crippen LogP contribution is -2.27. The molecule has 2 aromatic heterocycles. The van der Waals surface area contributed by atoms with Gasteiger partial charge in [-0.25, -0.2) is 9.97 Å². The Bertz CT molecular complexity index is 1020. The first-order chi connectivity index (χ1) is 18.0. The van der Waals surface area contributed by atoms with E-state index in [4.69, 9.17) is 14.2 Å². The van der Waals surface area contributed by atoms with E-state index in [1.54, 1.807) is 7.11 Å². The number of methoxy groups -OCH3 is 1. The van der Waals surface area contributed by atoms with Crippen molar-refractivity contribution < 1.29 is 14.2 Å². The van der Waals surface area contributed by atoms with Crippen molar-refractivity contribution in [3.05, 3.63) is 66.3 Å². The highest BCUT2D eigenvalue weighted by Crippen LogP contribution is 2.17. The number of hydrogen-bond acceptors (Lipinski definition) is 6. The van der Waals surface area contributed by atoms with Gasteiger partial charge in [-0.05, 0) is 29.8 Å². The molecule has 0 atom stereocenters. The Morgan fingerprint density at radius 1 is 0.711 bits per heavy atom. The first-order valence-electron chi connectivity index (χ1n) is 13.5. The lowest BCUT2D eigenvalue weighted by atomic mass is 10.2. The molecule has 1 aromatic carbocycles. The molecule has 0 radical (unpaired) electrons. The summed E-state index contributed by atoms with van der Waals surface area (Å²) in [5.41, 5.74) is 1.21. The zero-order valence-electron chi connectivity index (χ0n) is 24.4. The molecule has 0 aliphatic carbocycles. The maximum absolute atomic E-state index is 6.02. The van der Waals surface area contributed by atoms with Gasteiger partial charge in [-0.15, -0.1) is 0 Å². The quantitative estimate of drug-likeness (QED) is 0.152. The Kier molecular flexibility index (Phi) is 11.3. The van der Waals surface area contributed by atoms with Crippen molar-refractivity contribution in [3.8, 4) is 5.75 Å². The molecule has 0 bridgehead atoms. The average molecular weight is 558 g/mol. The van der Waals surface area contributed by atoms with Gasteiger partial charge in [0.2, 0.25) is 0 Å². The van der Waals surface area contributed by atoms with E-state index < -0.39 is 16.1 Å². The number of ether oxygens (including phenoxy) is 3. The Morgan fingerprint density at radius 2 is 1.18 bits per heavy atom. The van der Waals surface area contributed by atoms with Gasteiger partial charge in [-0.2, -0.15) is 0 Å². The molecular weight excluding hydrogens is 511 g/mol. The summed E-state index contributed by atoms with van der Waals surface area (Å²) < 4.78 is 21.6. The number of hydrogen-bond donors (Lipinski definition) is 0. The third-order valence-corrected chi connectivity index (χ3v) is 9.76. The highest BCUT2D eigenvalue weighted by molar-refractivity contribution is 6.76. The molecule has 38 heavy (non-hydrogen) atoms. The number of benzene rings is 1. The second-order valence-corrected chi connectivity index (χ2v) is 23.6. The molecule has 0 fully saturated rings. The standard InChI is InChI=1S/C28H47N5O3Si2/c1-34-26-10-8-25(9-11-26)20-31(21-27-29-12-14-32(27)23-35-16-18-37(2,3)4)22-28-30-13-15-33(28)24-36-17-19-38(5,6)7/h8-15H,16-24H2,1-7H3. The van der Waals surface area contributed by atoms with Crippen LogP contribution in [0.1, 0.15) is 17.2 Å².